The highest BCUT2D eigenvalue weighted by Crippen LogP contribution is 2.41. The predicted molar refractivity (Wildman–Crippen MR) is 68.6 cm³/mol. The van der Waals surface area contributed by atoms with Crippen LogP contribution in [0, 0.1) is 0 Å². The minimum Gasteiger partial charge on any atom is -0.444 e. The number of rotatable bonds is 1. The maximum absolute atomic E-state index is 13.0. The number of halogens is 3. The summed E-state index contributed by atoms with van der Waals surface area (Å²) >= 11 is 0. The predicted octanol–water partition coefficient (Wildman–Crippen LogP) is 2.67. The van der Waals surface area contributed by atoms with Crippen LogP contribution in [0.5, 0.6) is 0 Å². The van der Waals surface area contributed by atoms with E-state index in [2.05, 4.69) is 0 Å². The Morgan fingerprint density at radius 1 is 1.29 bits per heavy atom. The standard InChI is InChI=1S/C13H22F3NO4/c1-10(2,3)21-9(18)17-8(7-20-11(17,4)5)12(6,19)13(14,15)16/h8,19H,7H2,1-6H3. The van der Waals surface area contributed by atoms with Gasteiger partial charge in [-0.05, 0) is 41.5 Å². The number of nitrogens with zero attached hydrogens (tertiary/aromatic N) is 1. The normalized spacial score (nSPS) is 25.6. The van der Waals surface area contributed by atoms with E-state index >= 15 is 0 Å². The van der Waals surface area contributed by atoms with Crippen LogP contribution in [0.15, 0.2) is 0 Å². The maximum Gasteiger partial charge on any atom is 0.419 e. The smallest absolute Gasteiger partial charge is 0.419 e. The molecule has 5 nitrogen and oxygen atoms in total. The molecule has 0 radical (unpaired) electrons. The molecule has 1 N–H and O–H groups in total. The summed E-state index contributed by atoms with van der Waals surface area (Å²) in [6.45, 7) is 7.90. The molecule has 1 fully saturated rings. The first kappa shape index (κ1) is 18.0. The Morgan fingerprint density at radius 2 is 1.76 bits per heavy atom. The molecule has 1 saturated heterocycles. The van der Waals surface area contributed by atoms with Crippen molar-refractivity contribution in [1.29, 1.82) is 0 Å². The second kappa shape index (κ2) is 5.01. The second-order valence-electron chi connectivity index (χ2n) is 6.77. The van der Waals surface area contributed by atoms with Crippen LogP contribution in [0.4, 0.5) is 18.0 Å². The minimum atomic E-state index is -4.90. The zero-order chi connectivity index (χ0) is 16.9. The summed E-state index contributed by atoms with van der Waals surface area (Å²) in [4.78, 5) is 13.0. The average molecular weight is 313 g/mol. The number of ether oxygens (including phenoxy) is 2. The molecule has 21 heavy (non-hydrogen) atoms. The first-order valence-electron chi connectivity index (χ1n) is 6.55. The van der Waals surface area contributed by atoms with Crippen LogP contribution in [0.2, 0.25) is 0 Å². The summed E-state index contributed by atoms with van der Waals surface area (Å²) in [5, 5.41) is 9.85. The van der Waals surface area contributed by atoms with Gasteiger partial charge in [0.15, 0.2) is 5.60 Å². The fourth-order valence-corrected chi connectivity index (χ4v) is 2.06. The number of carbonyl (C=O) groups excluding carboxylic acids is 1. The minimum absolute atomic E-state index is 0.432. The van der Waals surface area contributed by atoms with Gasteiger partial charge in [0.1, 0.15) is 11.3 Å². The van der Waals surface area contributed by atoms with Gasteiger partial charge >= 0.3 is 12.3 Å². The average Bonchev–Trinajstić information content (AvgIpc) is 2.49. The molecular weight excluding hydrogens is 291 g/mol. The van der Waals surface area contributed by atoms with Crippen molar-refractivity contribution in [2.75, 3.05) is 6.61 Å². The molecule has 0 spiro atoms. The Kier molecular flexibility index (Phi) is 4.31. The summed E-state index contributed by atoms with van der Waals surface area (Å²) < 4.78 is 49.5. The zero-order valence-corrected chi connectivity index (χ0v) is 13.0. The molecule has 2 unspecified atom stereocenters. The number of hydrogen-bond acceptors (Lipinski definition) is 4. The van der Waals surface area contributed by atoms with E-state index in [-0.39, 0.29) is 0 Å². The van der Waals surface area contributed by atoms with E-state index in [1.54, 1.807) is 20.8 Å². The topological polar surface area (TPSA) is 59.0 Å². The molecule has 1 amide bonds. The van der Waals surface area contributed by atoms with E-state index in [0.717, 1.165) is 4.90 Å². The van der Waals surface area contributed by atoms with Crippen molar-refractivity contribution in [2.24, 2.45) is 0 Å². The Hall–Kier alpha value is -1.02. The van der Waals surface area contributed by atoms with Crippen LogP contribution in [0.3, 0.4) is 0 Å². The summed E-state index contributed by atoms with van der Waals surface area (Å²) in [7, 11) is 0. The molecule has 0 bridgehead atoms. The van der Waals surface area contributed by atoms with E-state index in [9.17, 15) is 23.1 Å². The molecule has 0 saturated carbocycles. The first-order chi connectivity index (χ1) is 9.09. The molecule has 1 aliphatic heterocycles. The van der Waals surface area contributed by atoms with Gasteiger partial charge in [-0.3, -0.25) is 4.90 Å². The van der Waals surface area contributed by atoms with Gasteiger partial charge in [-0.25, -0.2) is 4.79 Å². The molecular formula is C13H22F3NO4. The third-order valence-corrected chi connectivity index (χ3v) is 3.30. The lowest BCUT2D eigenvalue weighted by molar-refractivity contribution is -0.269. The van der Waals surface area contributed by atoms with E-state index in [1.807, 2.05) is 0 Å². The Morgan fingerprint density at radius 3 is 2.14 bits per heavy atom. The fourth-order valence-electron chi connectivity index (χ4n) is 2.06. The van der Waals surface area contributed by atoms with Crippen LogP contribution >= 0.6 is 0 Å². The Balaban J connectivity index is 3.14. The zero-order valence-electron chi connectivity index (χ0n) is 13.0. The number of alkyl halides is 3. The van der Waals surface area contributed by atoms with Gasteiger partial charge < -0.3 is 14.6 Å². The summed E-state index contributed by atoms with van der Waals surface area (Å²) in [6.07, 6.45) is -5.86. The molecule has 8 heteroatoms. The third-order valence-electron chi connectivity index (χ3n) is 3.30. The highest BCUT2D eigenvalue weighted by molar-refractivity contribution is 5.70. The van der Waals surface area contributed by atoms with Crippen molar-refractivity contribution in [3.05, 3.63) is 0 Å². The van der Waals surface area contributed by atoms with Crippen molar-refractivity contribution in [2.45, 2.75) is 70.7 Å². The van der Waals surface area contributed by atoms with Gasteiger partial charge in [0.2, 0.25) is 0 Å². The molecule has 0 aromatic carbocycles. The number of aliphatic hydroxyl groups is 1. The van der Waals surface area contributed by atoms with Crippen molar-refractivity contribution < 1.29 is 32.5 Å². The molecule has 0 aromatic rings. The highest BCUT2D eigenvalue weighted by Gasteiger charge is 2.62. The van der Waals surface area contributed by atoms with Crippen molar-refractivity contribution in [1.82, 2.24) is 4.90 Å². The van der Waals surface area contributed by atoms with Gasteiger partial charge in [-0.1, -0.05) is 0 Å². The second-order valence-corrected chi connectivity index (χ2v) is 6.77. The summed E-state index contributed by atoms with van der Waals surface area (Å²) in [5.41, 5.74) is -5.27. The number of hydrogen-bond donors (Lipinski definition) is 1. The largest absolute Gasteiger partial charge is 0.444 e. The van der Waals surface area contributed by atoms with E-state index in [4.69, 9.17) is 9.47 Å². The quantitative estimate of drug-likeness (QED) is 0.808. The van der Waals surface area contributed by atoms with Crippen molar-refractivity contribution >= 4 is 6.09 Å². The number of carbonyl (C=O) groups is 1. The lowest BCUT2D eigenvalue weighted by Crippen LogP contribution is -2.62. The fraction of sp³-hybridized carbons (Fsp3) is 0.923. The van der Waals surface area contributed by atoms with Gasteiger partial charge in [-0.15, -0.1) is 0 Å². The lowest BCUT2D eigenvalue weighted by atomic mass is 9.95. The van der Waals surface area contributed by atoms with E-state index in [1.165, 1.54) is 13.8 Å². The van der Waals surface area contributed by atoms with Crippen LogP contribution in [-0.2, 0) is 9.47 Å². The summed E-state index contributed by atoms with van der Waals surface area (Å²) in [6, 6.07) is -1.58. The van der Waals surface area contributed by atoms with Crippen LogP contribution in [0.25, 0.3) is 0 Å². The Labute approximate surface area is 122 Å². The van der Waals surface area contributed by atoms with Crippen LogP contribution in [-0.4, -0.2) is 51.9 Å². The van der Waals surface area contributed by atoms with E-state index in [0.29, 0.717) is 6.92 Å². The first-order valence-corrected chi connectivity index (χ1v) is 6.55. The van der Waals surface area contributed by atoms with Crippen molar-refractivity contribution in [3.63, 3.8) is 0 Å². The highest BCUT2D eigenvalue weighted by atomic mass is 19.4. The van der Waals surface area contributed by atoms with Crippen LogP contribution < -0.4 is 0 Å². The van der Waals surface area contributed by atoms with Gasteiger partial charge in [0.05, 0.1) is 12.6 Å². The maximum atomic E-state index is 13.0. The lowest BCUT2D eigenvalue weighted by Gasteiger charge is -2.40. The molecule has 1 heterocycles. The molecule has 1 aliphatic rings. The molecule has 1 rings (SSSR count). The van der Waals surface area contributed by atoms with E-state index < -0.39 is 41.8 Å². The molecule has 0 aromatic heterocycles. The Bertz CT molecular complexity index is 413. The number of amides is 1. The monoisotopic (exact) mass is 313 g/mol. The molecule has 0 aliphatic carbocycles. The molecule has 124 valence electrons. The molecule has 2 atom stereocenters. The third kappa shape index (κ3) is 3.60. The SMILES string of the molecule is CC(C)(C)OC(=O)N1C(C(C)(O)C(F)(F)F)COC1(C)C. The van der Waals surface area contributed by atoms with Gasteiger partial charge in [-0.2, -0.15) is 13.2 Å². The summed E-state index contributed by atoms with van der Waals surface area (Å²) in [5.74, 6) is 0. The van der Waals surface area contributed by atoms with Crippen LogP contribution in [0.1, 0.15) is 41.5 Å². The van der Waals surface area contributed by atoms with Gasteiger partial charge in [0, 0.05) is 0 Å². The van der Waals surface area contributed by atoms with Gasteiger partial charge in [0.25, 0.3) is 0 Å². The van der Waals surface area contributed by atoms with Crippen molar-refractivity contribution in [3.8, 4) is 0 Å².